The smallest absolute Gasteiger partial charge is 0.255 e. The van der Waals surface area contributed by atoms with Gasteiger partial charge in [0.2, 0.25) is 0 Å². The Morgan fingerprint density at radius 2 is 2.27 bits per heavy atom. The van der Waals surface area contributed by atoms with Gasteiger partial charge in [-0.1, -0.05) is 12.8 Å². The molecule has 6 nitrogen and oxygen atoms in total. The summed E-state index contributed by atoms with van der Waals surface area (Å²) in [6.45, 7) is 3.24. The zero-order valence-electron chi connectivity index (χ0n) is 12.7. The van der Waals surface area contributed by atoms with Crippen LogP contribution in [-0.4, -0.2) is 51.3 Å². The van der Waals surface area contributed by atoms with E-state index in [1.165, 1.54) is 12.8 Å². The van der Waals surface area contributed by atoms with Crippen LogP contribution in [-0.2, 0) is 4.74 Å². The fourth-order valence-electron chi connectivity index (χ4n) is 3.65. The standard InChI is InChI=1S/C16H20N4O2/c1-10-12-8-11(9-17-15(12)19-18-10)16(21)20-6-7-22-14-5-3-2-4-13(14)20/h8-9,13-14H,2-7H2,1H3,(H,17,18,19)/t13-,14-/m0/s1. The summed E-state index contributed by atoms with van der Waals surface area (Å²) >= 11 is 0. The van der Waals surface area contributed by atoms with Gasteiger partial charge in [0.1, 0.15) is 0 Å². The van der Waals surface area contributed by atoms with Gasteiger partial charge in [-0.05, 0) is 25.8 Å². The van der Waals surface area contributed by atoms with Crippen LogP contribution in [0.3, 0.4) is 0 Å². The number of nitrogens with one attached hydrogen (secondary N) is 1. The molecule has 1 saturated heterocycles. The molecule has 1 amide bonds. The van der Waals surface area contributed by atoms with Crippen molar-refractivity contribution in [1.29, 1.82) is 0 Å². The van der Waals surface area contributed by atoms with Gasteiger partial charge in [-0.25, -0.2) is 4.98 Å². The summed E-state index contributed by atoms with van der Waals surface area (Å²) in [4.78, 5) is 19.2. The predicted octanol–water partition coefficient (Wildman–Crippen LogP) is 2.05. The lowest BCUT2D eigenvalue weighted by Gasteiger charge is -2.43. The van der Waals surface area contributed by atoms with Crippen molar-refractivity contribution >= 4 is 16.9 Å². The molecule has 4 rings (SSSR count). The Morgan fingerprint density at radius 3 is 3.18 bits per heavy atom. The molecule has 2 fully saturated rings. The number of aromatic nitrogens is 3. The van der Waals surface area contributed by atoms with Crippen LogP contribution in [0.15, 0.2) is 12.3 Å². The molecule has 116 valence electrons. The molecule has 1 N–H and O–H groups in total. The molecular weight excluding hydrogens is 280 g/mol. The number of morpholine rings is 1. The van der Waals surface area contributed by atoms with Gasteiger partial charge in [-0.2, -0.15) is 5.10 Å². The number of H-pyrrole nitrogens is 1. The Balaban J connectivity index is 1.65. The predicted molar refractivity (Wildman–Crippen MR) is 81.7 cm³/mol. The van der Waals surface area contributed by atoms with Crippen LogP contribution in [0.5, 0.6) is 0 Å². The van der Waals surface area contributed by atoms with Gasteiger partial charge in [0.25, 0.3) is 5.91 Å². The first kappa shape index (κ1) is 13.7. The fraction of sp³-hybridized carbons (Fsp3) is 0.562. The van der Waals surface area contributed by atoms with Crippen LogP contribution in [0.25, 0.3) is 11.0 Å². The first-order valence-electron chi connectivity index (χ1n) is 7.97. The molecule has 0 unspecified atom stereocenters. The second-order valence-electron chi connectivity index (χ2n) is 6.20. The highest BCUT2D eigenvalue weighted by atomic mass is 16.5. The quantitative estimate of drug-likeness (QED) is 0.875. The maximum atomic E-state index is 12.9. The number of rotatable bonds is 1. The molecule has 0 radical (unpaired) electrons. The van der Waals surface area contributed by atoms with E-state index in [4.69, 9.17) is 4.74 Å². The second kappa shape index (κ2) is 5.35. The topological polar surface area (TPSA) is 71.1 Å². The fourth-order valence-corrected chi connectivity index (χ4v) is 3.65. The van der Waals surface area contributed by atoms with Crippen molar-refractivity contribution in [2.45, 2.75) is 44.8 Å². The van der Waals surface area contributed by atoms with Crippen LogP contribution in [0, 0.1) is 6.92 Å². The second-order valence-corrected chi connectivity index (χ2v) is 6.20. The summed E-state index contributed by atoms with van der Waals surface area (Å²) in [5, 5.41) is 7.94. The number of pyridine rings is 1. The molecule has 1 aliphatic carbocycles. The molecule has 1 saturated carbocycles. The molecule has 22 heavy (non-hydrogen) atoms. The number of carbonyl (C=O) groups excluding carboxylic acids is 1. The van der Waals surface area contributed by atoms with E-state index in [0.29, 0.717) is 24.4 Å². The molecule has 2 aromatic rings. The summed E-state index contributed by atoms with van der Waals surface area (Å²) in [5.41, 5.74) is 2.24. The van der Waals surface area contributed by atoms with E-state index >= 15 is 0 Å². The Morgan fingerprint density at radius 1 is 1.41 bits per heavy atom. The van der Waals surface area contributed by atoms with Gasteiger partial charge < -0.3 is 9.64 Å². The first-order valence-corrected chi connectivity index (χ1v) is 7.97. The number of amides is 1. The number of aryl methyl sites for hydroxylation is 1. The van der Waals surface area contributed by atoms with Gasteiger partial charge >= 0.3 is 0 Å². The number of nitrogens with zero attached hydrogens (tertiary/aromatic N) is 3. The third-order valence-electron chi connectivity index (χ3n) is 4.84. The lowest BCUT2D eigenvalue weighted by molar-refractivity contribution is -0.0752. The Bertz CT molecular complexity index is 709. The van der Waals surface area contributed by atoms with E-state index in [1.807, 2.05) is 17.9 Å². The Labute approximate surface area is 128 Å². The summed E-state index contributed by atoms with van der Waals surface area (Å²) < 4.78 is 5.85. The van der Waals surface area contributed by atoms with Crippen molar-refractivity contribution in [2.75, 3.05) is 13.2 Å². The van der Waals surface area contributed by atoms with Crippen molar-refractivity contribution in [3.05, 3.63) is 23.5 Å². The highest BCUT2D eigenvalue weighted by Gasteiger charge is 2.37. The Hall–Kier alpha value is -1.95. The number of fused-ring (bicyclic) bond motifs is 2. The van der Waals surface area contributed by atoms with Crippen molar-refractivity contribution in [3.8, 4) is 0 Å². The van der Waals surface area contributed by atoms with Crippen molar-refractivity contribution in [2.24, 2.45) is 0 Å². The van der Waals surface area contributed by atoms with E-state index in [9.17, 15) is 4.79 Å². The maximum Gasteiger partial charge on any atom is 0.255 e. The Kier molecular flexibility index (Phi) is 3.33. The molecule has 0 spiro atoms. The van der Waals surface area contributed by atoms with E-state index in [2.05, 4.69) is 15.2 Å². The van der Waals surface area contributed by atoms with Gasteiger partial charge in [0.05, 0.1) is 24.3 Å². The molecule has 2 aliphatic rings. The van der Waals surface area contributed by atoms with E-state index in [-0.39, 0.29) is 18.1 Å². The van der Waals surface area contributed by atoms with Gasteiger partial charge in [-0.15, -0.1) is 0 Å². The average molecular weight is 300 g/mol. The monoisotopic (exact) mass is 300 g/mol. The minimum atomic E-state index is 0.0650. The van der Waals surface area contributed by atoms with Gasteiger partial charge in [0.15, 0.2) is 5.65 Å². The zero-order valence-corrected chi connectivity index (χ0v) is 12.7. The summed E-state index contributed by atoms with van der Waals surface area (Å²) in [6, 6.07) is 2.12. The van der Waals surface area contributed by atoms with Crippen molar-refractivity contribution < 1.29 is 9.53 Å². The highest BCUT2D eigenvalue weighted by Crippen LogP contribution is 2.29. The third kappa shape index (κ3) is 2.18. The lowest BCUT2D eigenvalue weighted by atomic mass is 9.90. The molecule has 6 heteroatoms. The van der Waals surface area contributed by atoms with E-state index < -0.39 is 0 Å². The zero-order chi connectivity index (χ0) is 15.1. The summed E-state index contributed by atoms with van der Waals surface area (Å²) in [7, 11) is 0. The largest absolute Gasteiger partial charge is 0.374 e. The summed E-state index contributed by atoms with van der Waals surface area (Å²) in [6.07, 6.45) is 6.32. The third-order valence-corrected chi connectivity index (χ3v) is 4.84. The van der Waals surface area contributed by atoms with Crippen LogP contribution in [0.2, 0.25) is 0 Å². The van der Waals surface area contributed by atoms with Crippen LogP contribution in [0.4, 0.5) is 0 Å². The van der Waals surface area contributed by atoms with Crippen LogP contribution >= 0.6 is 0 Å². The molecule has 1 aliphatic heterocycles. The lowest BCUT2D eigenvalue weighted by Crippen LogP contribution is -2.54. The molecule has 2 aromatic heterocycles. The minimum absolute atomic E-state index is 0.0650. The first-order chi connectivity index (χ1) is 10.7. The number of hydrogen-bond donors (Lipinski definition) is 1. The number of hydrogen-bond acceptors (Lipinski definition) is 4. The average Bonchev–Trinajstić information content (AvgIpc) is 2.94. The maximum absolute atomic E-state index is 12.9. The molecule has 0 aromatic carbocycles. The summed E-state index contributed by atoms with van der Waals surface area (Å²) in [5.74, 6) is 0.0650. The number of aromatic amines is 1. The van der Waals surface area contributed by atoms with Gasteiger partial charge in [0, 0.05) is 23.8 Å². The normalized spacial score (nSPS) is 25.2. The van der Waals surface area contributed by atoms with E-state index in [1.54, 1.807) is 6.20 Å². The van der Waals surface area contributed by atoms with Crippen LogP contribution < -0.4 is 0 Å². The number of ether oxygens (including phenoxy) is 1. The van der Waals surface area contributed by atoms with E-state index in [0.717, 1.165) is 23.9 Å². The number of carbonyl (C=O) groups is 1. The SMILES string of the molecule is Cc1[nH]nc2ncc(C(=O)N3CCO[C@H]4CCCC[C@@H]43)cc12. The molecule has 2 atom stereocenters. The van der Waals surface area contributed by atoms with Gasteiger partial charge in [-0.3, -0.25) is 9.89 Å². The molecule has 0 bridgehead atoms. The minimum Gasteiger partial charge on any atom is -0.374 e. The van der Waals surface area contributed by atoms with Crippen molar-refractivity contribution in [1.82, 2.24) is 20.1 Å². The van der Waals surface area contributed by atoms with Crippen molar-refractivity contribution in [3.63, 3.8) is 0 Å². The highest BCUT2D eigenvalue weighted by molar-refractivity contribution is 5.97. The molecular formula is C16H20N4O2. The van der Waals surface area contributed by atoms with Crippen LogP contribution in [0.1, 0.15) is 41.7 Å². The molecule has 3 heterocycles.